The van der Waals surface area contributed by atoms with Gasteiger partial charge in [-0.1, -0.05) is 0 Å². The molecule has 1 saturated heterocycles. The predicted octanol–water partition coefficient (Wildman–Crippen LogP) is -2.03. The van der Waals surface area contributed by atoms with Crippen LogP contribution in [0, 0.1) is 0 Å². The summed E-state index contributed by atoms with van der Waals surface area (Å²) in [5.74, 6) is -2.60. The van der Waals surface area contributed by atoms with Gasteiger partial charge in [0.2, 0.25) is 5.91 Å². The number of nitrogens with zero attached hydrogens (tertiary/aromatic N) is 5. The first-order valence-electron chi connectivity index (χ1n) is 7.42. The number of esters is 1. The lowest BCUT2D eigenvalue weighted by atomic mass is 10.0. The lowest BCUT2D eigenvalue weighted by Crippen LogP contribution is -2.70. The molecule has 13 heteroatoms. The molecule has 0 unspecified atom stereocenters. The minimum Gasteiger partial charge on any atom is -0.477 e. The van der Waals surface area contributed by atoms with E-state index in [-0.39, 0.29) is 24.6 Å². The molecular formula is C13H14N6O6S. The van der Waals surface area contributed by atoms with Gasteiger partial charge in [-0.05, 0) is 5.21 Å². The van der Waals surface area contributed by atoms with Crippen LogP contribution in [0.5, 0.6) is 0 Å². The molecule has 2 aliphatic rings. The molecular weight excluding hydrogens is 368 g/mol. The van der Waals surface area contributed by atoms with E-state index in [4.69, 9.17) is 4.74 Å². The summed E-state index contributed by atoms with van der Waals surface area (Å²) in [5, 5.41) is 22.2. The second-order valence-corrected chi connectivity index (χ2v) is 6.56. The van der Waals surface area contributed by atoms with Gasteiger partial charge in [-0.25, -0.2) is 4.79 Å². The van der Waals surface area contributed by atoms with Crippen molar-refractivity contribution in [1.82, 2.24) is 30.4 Å². The average Bonchev–Trinajstić information content (AvgIpc) is 3.09. The van der Waals surface area contributed by atoms with Crippen molar-refractivity contribution in [3.63, 3.8) is 0 Å². The molecule has 12 nitrogen and oxygen atoms in total. The van der Waals surface area contributed by atoms with Crippen LogP contribution in [0.3, 0.4) is 0 Å². The monoisotopic (exact) mass is 382 g/mol. The number of aliphatic carboxylic acids is 1. The van der Waals surface area contributed by atoms with E-state index in [1.54, 1.807) is 0 Å². The molecule has 0 spiro atoms. The summed E-state index contributed by atoms with van der Waals surface area (Å²) in [6.07, 6.45) is 1.18. The largest absolute Gasteiger partial charge is 0.477 e. The lowest BCUT2D eigenvalue weighted by molar-refractivity contribution is -0.151. The van der Waals surface area contributed by atoms with Gasteiger partial charge >= 0.3 is 11.9 Å². The number of carboxylic acid groups (broad SMARTS) is 1. The number of ether oxygens (including phenoxy) is 1. The number of nitrogens with one attached hydrogen (secondary N) is 1. The molecule has 0 bridgehead atoms. The summed E-state index contributed by atoms with van der Waals surface area (Å²) in [7, 11) is 0. The fraction of sp³-hybridized carbons (Fsp3) is 0.462. The molecule has 1 fully saturated rings. The summed E-state index contributed by atoms with van der Waals surface area (Å²) in [6.45, 7) is 0.806. The van der Waals surface area contributed by atoms with Crippen molar-refractivity contribution in [3.8, 4) is 0 Å². The average molecular weight is 382 g/mol. The number of hydrogen-bond acceptors (Lipinski definition) is 9. The molecule has 2 N–H and O–H groups in total. The van der Waals surface area contributed by atoms with Crippen LogP contribution in [0.25, 0.3) is 0 Å². The van der Waals surface area contributed by atoms with Gasteiger partial charge in [0, 0.05) is 18.2 Å². The zero-order chi connectivity index (χ0) is 18.8. The molecule has 2 aliphatic heterocycles. The molecule has 0 radical (unpaired) electrons. The van der Waals surface area contributed by atoms with E-state index >= 15 is 0 Å². The van der Waals surface area contributed by atoms with Gasteiger partial charge < -0.3 is 15.2 Å². The van der Waals surface area contributed by atoms with Crippen molar-refractivity contribution >= 4 is 35.5 Å². The minimum atomic E-state index is -1.29. The Morgan fingerprint density at radius 3 is 2.85 bits per heavy atom. The molecule has 0 aromatic carbocycles. The lowest BCUT2D eigenvalue weighted by Gasteiger charge is -2.49. The number of rotatable bonds is 6. The van der Waals surface area contributed by atoms with Crippen molar-refractivity contribution in [3.05, 3.63) is 17.6 Å². The molecule has 0 saturated carbocycles. The molecule has 3 heterocycles. The number of fused-ring (bicyclic) bond motifs is 1. The normalized spacial score (nSPS) is 21.7. The van der Waals surface area contributed by atoms with E-state index in [1.807, 2.05) is 0 Å². The number of tetrazole rings is 1. The van der Waals surface area contributed by atoms with Crippen LogP contribution in [-0.4, -0.2) is 77.7 Å². The first kappa shape index (κ1) is 17.8. The summed E-state index contributed by atoms with van der Waals surface area (Å²) in [5.41, 5.74) is 0.127. The van der Waals surface area contributed by atoms with Gasteiger partial charge in [-0.15, -0.1) is 22.0 Å². The van der Waals surface area contributed by atoms with E-state index in [0.29, 0.717) is 5.57 Å². The third-order valence-corrected chi connectivity index (χ3v) is 5.03. The van der Waals surface area contributed by atoms with Crippen LogP contribution in [0.1, 0.15) is 6.92 Å². The van der Waals surface area contributed by atoms with Crippen LogP contribution in [0.2, 0.25) is 0 Å². The van der Waals surface area contributed by atoms with Crippen molar-refractivity contribution in [2.45, 2.75) is 24.9 Å². The number of carbonyl (C=O) groups is 4. The van der Waals surface area contributed by atoms with Crippen LogP contribution >= 0.6 is 11.8 Å². The van der Waals surface area contributed by atoms with E-state index in [9.17, 15) is 24.3 Å². The number of thioether (sulfide) groups is 1. The first-order chi connectivity index (χ1) is 12.4. The standard InChI is InChI=1S/C13H14N6O6S/c1-6(20)25-3-7-4-26-12-9(11(22)19(12)10(7)13(23)24)16-8(21)2-18-15-5-14-17-18/h5,9,12H,2-4H2,1H3,(H,16,21)(H,23,24)/t9-,12-/m1/s1. The molecule has 3 rings (SSSR count). The Morgan fingerprint density at radius 2 is 2.23 bits per heavy atom. The Morgan fingerprint density at radius 1 is 1.46 bits per heavy atom. The van der Waals surface area contributed by atoms with Crippen molar-refractivity contribution in [2.24, 2.45) is 0 Å². The quantitative estimate of drug-likeness (QED) is 0.415. The maximum absolute atomic E-state index is 12.4. The Bertz CT molecular complexity index is 793. The Hall–Kier alpha value is -2.96. The van der Waals surface area contributed by atoms with Crippen LogP contribution < -0.4 is 5.32 Å². The van der Waals surface area contributed by atoms with E-state index in [0.717, 1.165) is 9.70 Å². The topological polar surface area (TPSA) is 157 Å². The predicted molar refractivity (Wildman–Crippen MR) is 84.1 cm³/mol. The van der Waals surface area contributed by atoms with Crippen molar-refractivity contribution in [1.29, 1.82) is 0 Å². The summed E-state index contributed by atoms with van der Waals surface area (Å²) in [6, 6.07) is -0.847. The van der Waals surface area contributed by atoms with Gasteiger partial charge in [0.05, 0.1) is 0 Å². The highest BCUT2D eigenvalue weighted by Gasteiger charge is 2.54. The van der Waals surface area contributed by atoms with Crippen LogP contribution in [-0.2, 0) is 30.5 Å². The Balaban J connectivity index is 1.69. The molecule has 1 aromatic heterocycles. The summed E-state index contributed by atoms with van der Waals surface area (Å²) in [4.78, 5) is 49.0. The fourth-order valence-electron chi connectivity index (χ4n) is 2.59. The molecule has 138 valence electrons. The molecule has 2 atom stereocenters. The Labute approximate surface area is 150 Å². The maximum Gasteiger partial charge on any atom is 0.352 e. The van der Waals surface area contributed by atoms with E-state index in [1.165, 1.54) is 25.0 Å². The van der Waals surface area contributed by atoms with Gasteiger partial charge in [0.25, 0.3) is 5.91 Å². The van der Waals surface area contributed by atoms with Gasteiger partial charge in [-0.3, -0.25) is 19.3 Å². The molecule has 26 heavy (non-hydrogen) atoms. The zero-order valence-corrected chi connectivity index (χ0v) is 14.3. The third-order valence-electron chi connectivity index (χ3n) is 3.69. The summed E-state index contributed by atoms with van der Waals surface area (Å²) >= 11 is 1.28. The number of carboxylic acids is 1. The highest BCUT2D eigenvalue weighted by Crippen LogP contribution is 2.40. The Kier molecular flexibility index (Phi) is 4.88. The number of hydrogen-bond donors (Lipinski definition) is 2. The smallest absolute Gasteiger partial charge is 0.352 e. The number of aromatic nitrogens is 4. The highest BCUT2D eigenvalue weighted by molar-refractivity contribution is 8.00. The fourth-order valence-corrected chi connectivity index (χ4v) is 3.92. The minimum absolute atomic E-state index is 0.199. The van der Waals surface area contributed by atoms with E-state index in [2.05, 4.69) is 20.7 Å². The van der Waals surface area contributed by atoms with Crippen molar-refractivity contribution < 1.29 is 29.0 Å². The number of amides is 2. The second-order valence-electron chi connectivity index (χ2n) is 5.46. The third kappa shape index (κ3) is 3.37. The number of carbonyl (C=O) groups excluding carboxylic acids is 3. The molecule has 2 amide bonds. The van der Waals surface area contributed by atoms with Gasteiger partial charge in [0.15, 0.2) is 6.33 Å². The molecule has 0 aliphatic carbocycles. The van der Waals surface area contributed by atoms with Gasteiger partial charge in [0.1, 0.15) is 30.3 Å². The molecule has 1 aromatic rings. The second kappa shape index (κ2) is 7.11. The van der Waals surface area contributed by atoms with Crippen molar-refractivity contribution in [2.75, 3.05) is 12.4 Å². The maximum atomic E-state index is 12.4. The zero-order valence-electron chi connectivity index (χ0n) is 13.5. The SMILES string of the molecule is CC(=O)OCC1=C(C(=O)O)N2C(=O)[C@@H](NC(=O)Cn3ncnn3)[C@H]2SC1. The van der Waals surface area contributed by atoms with Crippen LogP contribution in [0.15, 0.2) is 17.6 Å². The number of β-lactam (4-membered cyclic amide) rings is 1. The highest BCUT2D eigenvalue weighted by atomic mass is 32.2. The first-order valence-corrected chi connectivity index (χ1v) is 8.47. The van der Waals surface area contributed by atoms with E-state index < -0.39 is 35.2 Å². The van der Waals surface area contributed by atoms with Crippen LogP contribution in [0.4, 0.5) is 0 Å². The van der Waals surface area contributed by atoms with Gasteiger partial charge in [-0.2, -0.15) is 4.80 Å². The summed E-state index contributed by atoms with van der Waals surface area (Å²) < 4.78 is 4.85.